The number of hydrogen-bond donors (Lipinski definition) is 0. The molecule has 0 saturated carbocycles. The van der Waals surface area contributed by atoms with Crippen molar-refractivity contribution in [1.29, 1.82) is 0 Å². The summed E-state index contributed by atoms with van der Waals surface area (Å²) < 4.78 is 10.4. The van der Waals surface area contributed by atoms with Crippen LogP contribution < -0.4 is 0 Å². The summed E-state index contributed by atoms with van der Waals surface area (Å²) in [5.74, 6) is 0. The second-order valence-corrected chi connectivity index (χ2v) is 5.43. The lowest BCUT2D eigenvalue weighted by atomic mass is 10.5. The van der Waals surface area contributed by atoms with Crippen molar-refractivity contribution in [3.05, 3.63) is 48.8 Å². The van der Waals surface area contributed by atoms with Gasteiger partial charge in [0.1, 0.15) is 0 Å². The number of hydrogen-bond acceptors (Lipinski definition) is 5. The summed E-state index contributed by atoms with van der Waals surface area (Å²) >= 11 is 0. The van der Waals surface area contributed by atoms with Crippen LogP contribution in [0.1, 0.15) is 0 Å². The normalized spacial score (nSPS) is 18.5. The van der Waals surface area contributed by atoms with Crippen molar-refractivity contribution in [2.75, 3.05) is 0 Å². The maximum Gasteiger partial charge on any atom is 0.555 e. The molecule has 0 unspecified atom stereocenters. The minimum Gasteiger partial charge on any atom is -0.297 e. The van der Waals surface area contributed by atoms with E-state index in [4.69, 9.17) is 8.37 Å². The van der Waals surface area contributed by atoms with Gasteiger partial charge in [-0.3, -0.25) is 8.37 Å². The first kappa shape index (κ1) is 10.1. The molecule has 0 aromatic carbocycles. The van der Waals surface area contributed by atoms with Gasteiger partial charge in [-0.1, -0.05) is 12.1 Å². The lowest BCUT2D eigenvalue weighted by Crippen LogP contribution is -2.28. The van der Waals surface area contributed by atoms with Crippen LogP contribution in [0.15, 0.2) is 58.8 Å². The topological polar surface area (TPSA) is 61.3 Å². The van der Waals surface area contributed by atoms with Crippen molar-refractivity contribution in [2.24, 2.45) is 0 Å². The summed E-state index contributed by atoms with van der Waals surface area (Å²) in [5, 5.41) is 1.16. The first-order valence-corrected chi connectivity index (χ1v) is 6.38. The number of carbonyl (C=O) groups excluding carboxylic acids is 1. The Bertz CT molecular complexity index is 498. The van der Waals surface area contributed by atoms with Gasteiger partial charge in [0, 0.05) is 12.4 Å². The third-order valence-corrected chi connectivity index (χ3v) is 4.52. The molecule has 6 heteroatoms. The predicted molar refractivity (Wildman–Crippen MR) is 60.2 cm³/mol. The van der Waals surface area contributed by atoms with Crippen molar-refractivity contribution in [3.8, 4) is 0 Å². The molecule has 0 amide bonds. The van der Waals surface area contributed by atoms with E-state index in [1.54, 1.807) is 36.7 Å². The maximum atomic E-state index is 11.0. The van der Waals surface area contributed by atoms with Crippen LogP contribution in [-0.2, 0) is 8.37 Å². The van der Waals surface area contributed by atoms with Crippen LogP contribution in [0, 0.1) is 0 Å². The van der Waals surface area contributed by atoms with Gasteiger partial charge in [0.2, 0.25) is 0 Å². The van der Waals surface area contributed by atoms with E-state index in [2.05, 4.69) is 9.97 Å². The van der Waals surface area contributed by atoms with Gasteiger partial charge < -0.3 is 0 Å². The second kappa shape index (κ2) is 3.74. The minimum atomic E-state index is -2.27. The Morgan fingerprint density at radius 1 is 0.882 bits per heavy atom. The standard InChI is InChI=1S/C11H8N2O3S/c14-11-15-17(16-11,9-5-1-3-7-12-9)10-6-2-4-8-13-10/h1-8H. The molecule has 0 spiro atoms. The van der Waals surface area contributed by atoms with Gasteiger partial charge in [0.05, 0.1) is 0 Å². The Hall–Kier alpha value is -2.08. The van der Waals surface area contributed by atoms with E-state index in [-0.39, 0.29) is 0 Å². The molecule has 0 atom stereocenters. The average Bonchev–Trinajstić information content (AvgIpc) is 2.37. The molecular formula is C11H8N2O3S. The Balaban J connectivity index is 2.09. The van der Waals surface area contributed by atoms with Crippen molar-refractivity contribution >= 4 is 16.7 Å². The number of pyridine rings is 2. The molecule has 2 aromatic rings. The molecule has 1 aliphatic rings. The maximum absolute atomic E-state index is 11.0. The van der Waals surface area contributed by atoms with Gasteiger partial charge in [-0.25, -0.2) is 9.97 Å². The monoisotopic (exact) mass is 248 g/mol. The number of rotatable bonds is 2. The number of carbonyl (C=O) groups is 1. The Morgan fingerprint density at radius 2 is 1.41 bits per heavy atom. The highest BCUT2D eigenvalue weighted by atomic mass is 32.3. The summed E-state index contributed by atoms with van der Waals surface area (Å²) in [6, 6.07) is 10.7. The van der Waals surface area contributed by atoms with Crippen LogP contribution in [-0.4, -0.2) is 16.1 Å². The first-order chi connectivity index (χ1) is 8.31. The Kier molecular flexibility index (Phi) is 2.22. The molecule has 3 heterocycles. The molecule has 0 N–H and O–H groups in total. The minimum absolute atomic E-state index is 0.582. The number of aromatic nitrogens is 2. The van der Waals surface area contributed by atoms with Crippen molar-refractivity contribution < 1.29 is 13.2 Å². The second-order valence-electron chi connectivity index (χ2n) is 3.26. The summed E-state index contributed by atoms with van der Waals surface area (Å²) in [7, 11) is -2.27. The van der Waals surface area contributed by atoms with E-state index < -0.39 is 16.7 Å². The highest BCUT2D eigenvalue weighted by Gasteiger charge is 2.46. The fourth-order valence-corrected chi connectivity index (χ4v) is 3.35. The molecule has 1 saturated heterocycles. The van der Waals surface area contributed by atoms with Crippen LogP contribution in [0.25, 0.3) is 0 Å². The molecule has 0 aliphatic carbocycles. The van der Waals surface area contributed by atoms with Crippen LogP contribution in [0.4, 0.5) is 4.79 Å². The summed E-state index contributed by atoms with van der Waals surface area (Å²) in [4.78, 5) is 19.3. The zero-order chi connectivity index (χ0) is 11.7. The molecule has 0 bridgehead atoms. The molecule has 1 fully saturated rings. The predicted octanol–water partition coefficient (Wildman–Crippen LogP) is 2.70. The molecule has 3 rings (SSSR count). The molecule has 17 heavy (non-hydrogen) atoms. The molecule has 5 nitrogen and oxygen atoms in total. The van der Waals surface area contributed by atoms with Gasteiger partial charge in [-0.15, -0.1) is 0 Å². The third kappa shape index (κ3) is 1.53. The molecule has 1 aliphatic heterocycles. The Labute approximate surface area is 99.2 Å². The summed E-state index contributed by atoms with van der Waals surface area (Å²) in [6.45, 7) is 0. The summed E-state index contributed by atoms with van der Waals surface area (Å²) in [6.07, 6.45) is 2.57. The molecule has 86 valence electrons. The number of nitrogens with zero attached hydrogens (tertiary/aromatic N) is 2. The van der Waals surface area contributed by atoms with E-state index in [1.165, 1.54) is 0 Å². The van der Waals surface area contributed by atoms with Gasteiger partial charge >= 0.3 is 6.16 Å². The zero-order valence-corrected chi connectivity index (χ0v) is 9.46. The first-order valence-electron chi connectivity index (χ1n) is 4.89. The quantitative estimate of drug-likeness (QED) is 0.817. The van der Waals surface area contributed by atoms with E-state index in [9.17, 15) is 4.79 Å². The van der Waals surface area contributed by atoms with E-state index in [0.29, 0.717) is 10.1 Å². The van der Waals surface area contributed by atoms with Crippen LogP contribution in [0.5, 0.6) is 0 Å². The van der Waals surface area contributed by atoms with Crippen molar-refractivity contribution in [2.45, 2.75) is 10.1 Å². The fraction of sp³-hybridized carbons (Fsp3) is 0. The average molecular weight is 248 g/mol. The van der Waals surface area contributed by atoms with Crippen LogP contribution in [0.3, 0.4) is 0 Å². The van der Waals surface area contributed by atoms with Gasteiger partial charge in [0.15, 0.2) is 10.1 Å². The lowest BCUT2D eigenvalue weighted by molar-refractivity contribution is 0.120. The Morgan fingerprint density at radius 3 is 1.76 bits per heavy atom. The highest BCUT2D eigenvalue weighted by molar-refractivity contribution is 8.27. The van der Waals surface area contributed by atoms with Crippen molar-refractivity contribution in [1.82, 2.24) is 9.97 Å². The van der Waals surface area contributed by atoms with Gasteiger partial charge in [-0.05, 0) is 34.9 Å². The molecule has 2 aromatic heterocycles. The lowest BCUT2D eigenvalue weighted by Gasteiger charge is -2.44. The fourth-order valence-electron chi connectivity index (χ4n) is 1.49. The third-order valence-electron chi connectivity index (χ3n) is 2.20. The van der Waals surface area contributed by atoms with E-state index in [0.717, 1.165) is 0 Å². The summed E-state index contributed by atoms with van der Waals surface area (Å²) in [5.41, 5.74) is 0. The van der Waals surface area contributed by atoms with Crippen molar-refractivity contribution in [3.63, 3.8) is 0 Å². The van der Waals surface area contributed by atoms with Crippen LogP contribution in [0.2, 0.25) is 0 Å². The van der Waals surface area contributed by atoms with E-state index >= 15 is 0 Å². The van der Waals surface area contributed by atoms with E-state index in [1.807, 2.05) is 12.1 Å². The zero-order valence-electron chi connectivity index (χ0n) is 8.65. The van der Waals surface area contributed by atoms with Gasteiger partial charge in [0.25, 0.3) is 0 Å². The highest BCUT2D eigenvalue weighted by Crippen LogP contribution is 2.68. The SMILES string of the molecule is O=C1OS(c2ccccn2)(c2ccccn2)O1. The van der Waals surface area contributed by atoms with Crippen LogP contribution >= 0.6 is 10.6 Å². The smallest absolute Gasteiger partial charge is 0.297 e. The largest absolute Gasteiger partial charge is 0.555 e. The molecule has 0 radical (unpaired) electrons. The molecular weight excluding hydrogens is 240 g/mol. The van der Waals surface area contributed by atoms with Gasteiger partial charge in [-0.2, -0.15) is 4.79 Å².